The molecule has 0 saturated heterocycles. The van der Waals surface area contributed by atoms with Crippen molar-refractivity contribution in [2.45, 2.75) is 0 Å². The molecule has 12 heavy (non-hydrogen) atoms. The molecule has 1 rings (SSSR count). The Bertz CT molecular complexity index is 344. The van der Waals surface area contributed by atoms with Gasteiger partial charge in [0.05, 0.1) is 15.6 Å². The van der Waals surface area contributed by atoms with Crippen molar-refractivity contribution >= 4 is 55.1 Å². The van der Waals surface area contributed by atoms with Crippen molar-refractivity contribution < 1.29 is 0 Å². The molecule has 0 unspecified atom stereocenters. The maximum absolute atomic E-state index is 8.69. The third kappa shape index (κ3) is 1.77. The molecular formula is C7HBr2Cl2N. The lowest BCUT2D eigenvalue weighted by molar-refractivity contribution is 1.46. The fourth-order valence-corrected chi connectivity index (χ4v) is 2.26. The molecule has 0 saturated carbocycles. The van der Waals surface area contributed by atoms with Gasteiger partial charge < -0.3 is 0 Å². The van der Waals surface area contributed by atoms with Gasteiger partial charge in [0.1, 0.15) is 6.07 Å². The summed E-state index contributed by atoms with van der Waals surface area (Å²) in [5.41, 5.74) is 0.277. The Labute approximate surface area is 96.5 Å². The average Bonchev–Trinajstić information content (AvgIpc) is 2.02. The van der Waals surface area contributed by atoms with E-state index >= 15 is 0 Å². The van der Waals surface area contributed by atoms with Gasteiger partial charge in [0, 0.05) is 8.95 Å². The lowest BCUT2D eigenvalue weighted by Crippen LogP contribution is -1.82. The van der Waals surface area contributed by atoms with Gasteiger partial charge in [-0.05, 0) is 37.9 Å². The predicted octanol–water partition coefficient (Wildman–Crippen LogP) is 4.39. The number of halogens is 4. The lowest BCUT2D eigenvalue weighted by atomic mass is 10.2. The molecular weight excluding hydrogens is 329 g/mol. The Kier molecular flexibility index (Phi) is 3.42. The summed E-state index contributed by atoms with van der Waals surface area (Å²) in [6.45, 7) is 0. The zero-order valence-electron chi connectivity index (χ0n) is 5.54. The smallest absolute Gasteiger partial charge is 0.102 e. The van der Waals surface area contributed by atoms with E-state index in [-0.39, 0.29) is 5.56 Å². The van der Waals surface area contributed by atoms with Crippen LogP contribution in [0.5, 0.6) is 0 Å². The summed E-state index contributed by atoms with van der Waals surface area (Å²) in [6, 6.07) is 3.62. The minimum atomic E-state index is 0.277. The molecule has 1 aromatic rings. The highest BCUT2D eigenvalue weighted by Crippen LogP contribution is 2.36. The first-order valence-electron chi connectivity index (χ1n) is 2.81. The zero-order chi connectivity index (χ0) is 9.30. The summed E-state index contributed by atoms with van der Waals surface area (Å²) in [4.78, 5) is 0. The van der Waals surface area contributed by atoms with Gasteiger partial charge in [-0.3, -0.25) is 0 Å². The first kappa shape index (κ1) is 10.3. The van der Waals surface area contributed by atoms with Crippen LogP contribution >= 0.6 is 55.1 Å². The second kappa shape index (κ2) is 3.97. The zero-order valence-corrected chi connectivity index (χ0v) is 10.2. The topological polar surface area (TPSA) is 23.8 Å². The SMILES string of the molecule is N#Cc1c(Cl)c(Br)cc(Br)c1Cl. The number of nitriles is 1. The van der Waals surface area contributed by atoms with E-state index in [0.29, 0.717) is 19.0 Å². The first-order valence-corrected chi connectivity index (χ1v) is 5.15. The van der Waals surface area contributed by atoms with Crippen LogP contribution < -0.4 is 0 Å². The molecule has 0 bridgehead atoms. The molecule has 0 aliphatic rings. The summed E-state index contributed by atoms with van der Waals surface area (Å²) in [7, 11) is 0. The third-order valence-electron chi connectivity index (χ3n) is 1.22. The van der Waals surface area contributed by atoms with Crippen LogP contribution in [0.25, 0.3) is 0 Å². The average molecular weight is 330 g/mol. The van der Waals surface area contributed by atoms with E-state index in [9.17, 15) is 0 Å². The quantitative estimate of drug-likeness (QED) is 0.648. The van der Waals surface area contributed by atoms with Gasteiger partial charge >= 0.3 is 0 Å². The fraction of sp³-hybridized carbons (Fsp3) is 0. The van der Waals surface area contributed by atoms with Crippen molar-refractivity contribution in [2.75, 3.05) is 0 Å². The maximum Gasteiger partial charge on any atom is 0.102 e. The lowest BCUT2D eigenvalue weighted by Gasteiger charge is -2.02. The van der Waals surface area contributed by atoms with Gasteiger partial charge in [-0.1, -0.05) is 23.2 Å². The Morgan fingerprint density at radius 2 is 1.58 bits per heavy atom. The molecule has 5 heteroatoms. The maximum atomic E-state index is 8.69. The van der Waals surface area contributed by atoms with Crippen molar-refractivity contribution in [3.63, 3.8) is 0 Å². The normalized spacial score (nSPS) is 9.58. The summed E-state index contributed by atoms with van der Waals surface area (Å²) < 4.78 is 1.30. The van der Waals surface area contributed by atoms with E-state index in [4.69, 9.17) is 28.5 Å². The molecule has 0 atom stereocenters. The fourth-order valence-electron chi connectivity index (χ4n) is 0.671. The highest BCUT2D eigenvalue weighted by molar-refractivity contribution is 9.11. The summed E-state index contributed by atoms with van der Waals surface area (Å²) >= 11 is 18.0. The molecule has 0 fully saturated rings. The van der Waals surface area contributed by atoms with Crippen LogP contribution in [0.4, 0.5) is 0 Å². The highest BCUT2D eigenvalue weighted by Gasteiger charge is 2.12. The van der Waals surface area contributed by atoms with Crippen molar-refractivity contribution in [2.24, 2.45) is 0 Å². The summed E-state index contributed by atoms with van der Waals surface area (Å²) in [5, 5.41) is 9.36. The molecule has 0 amide bonds. The van der Waals surface area contributed by atoms with Crippen LogP contribution in [-0.4, -0.2) is 0 Å². The molecule has 1 aromatic carbocycles. The third-order valence-corrected chi connectivity index (χ3v) is 3.72. The number of hydrogen-bond donors (Lipinski definition) is 0. The largest absolute Gasteiger partial charge is 0.192 e. The van der Waals surface area contributed by atoms with Crippen molar-refractivity contribution in [1.29, 1.82) is 5.26 Å². The molecule has 62 valence electrons. The van der Waals surface area contributed by atoms with Gasteiger partial charge in [0.15, 0.2) is 0 Å². The summed E-state index contributed by atoms with van der Waals surface area (Å²) in [6.07, 6.45) is 0. The molecule has 0 aliphatic carbocycles. The molecule has 0 spiro atoms. The van der Waals surface area contributed by atoms with Gasteiger partial charge in [0.2, 0.25) is 0 Å². The van der Waals surface area contributed by atoms with Crippen LogP contribution in [-0.2, 0) is 0 Å². The van der Waals surface area contributed by atoms with E-state index in [1.54, 1.807) is 6.07 Å². The van der Waals surface area contributed by atoms with Gasteiger partial charge in [0.25, 0.3) is 0 Å². The Hall–Kier alpha value is 0.250. The van der Waals surface area contributed by atoms with Gasteiger partial charge in [-0.25, -0.2) is 0 Å². The number of rotatable bonds is 0. The number of hydrogen-bond acceptors (Lipinski definition) is 1. The second-order valence-corrected chi connectivity index (χ2v) is 4.42. The Balaban J connectivity index is 3.56. The van der Waals surface area contributed by atoms with E-state index in [2.05, 4.69) is 31.9 Å². The molecule has 0 heterocycles. The highest BCUT2D eigenvalue weighted by atomic mass is 79.9. The van der Waals surface area contributed by atoms with Crippen LogP contribution in [0.3, 0.4) is 0 Å². The van der Waals surface area contributed by atoms with E-state index in [1.165, 1.54) is 0 Å². The Morgan fingerprint density at radius 3 is 1.92 bits per heavy atom. The molecule has 0 N–H and O–H groups in total. The summed E-state index contributed by atoms with van der Waals surface area (Å²) in [5.74, 6) is 0. The van der Waals surface area contributed by atoms with Crippen molar-refractivity contribution in [3.05, 3.63) is 30.6 Å². The number of nitrogens with zero attached hydrogens (tertiary/aromatic N) is 1. The molecule has 0 radical (unpaired) electrons. The number of benzene rings is 1. The van der Waals surface area contributed by atoms with Gasteiger partial charge in [-0.2, -0.15) is 5.26 Å². The van der Waals surface area contributed by atoms with Crippen molar-refractivity contribution in [3.8, 4) is 6.07 Å². The van der Waals surface area contributed by atoms with E-state index in [1.807, 2.05) is 6.07 Å². The van der Waals surface area contributed by atoms with Crippen LogP contribution in [0, 0.1) is 11.3 Å². The van der Waals surface area contributed by atoms with Crippen LogP contribution in [0.2, 0.25) is 10.0 Å². The molecule has 0 aliphatic heterocycles. The second-order valence-electron chi connectivity index (χ2n) is 1.95. The predicted molar refractivity (Wildman–Crippen MR) is 56.6 cm³/mol. The van der Waals surface area contributed by atoms with E-state index in [0.717, 1.165) is 0 Å². The monoisotopic (exact) mass is 327 g/mol. The van der Waals surface area contributed by atoms with Crippen LogP contribution in [0.1, 0.15) is 5.56 Å². The molecule has 1 nitrogen and oxygen atoms in total. The van der Waals surface area contributed by atoms with Crippen LogP contribution in [0.15, 0.2) is 15.0 Å². The van der Waals surface area contributed by atoms with Gasteiger partial charge in [-0.15, -0.1) is 0 Å². The van der Waals surface area contributed by atoms with Crippen molar-refractivity contribution in [1.82, 2.24) is 0 Å². The van der Waals surface area contributed by atoms with E-state index < -0.39 is 0 Å². The molecule has 0 aromatic heterocycles. The minimum Gasteiger partial charge on any atom is -0.192 e. The minimum absolute atomic E-state index is 0.277. The Morgan fingerprint density at radius 1 is 1.17 bits per heavy atom. The standard InChI is InChI=1S/C7HBr2Cl2N/c8-4-1-5(9)7(11)3(2-12)6(4)10/h1H. The first-order chi connectivity index (χ1) is 5.57.